The molecular weight excluding hydrogens is 304 g/mol. The molecule has 1 saturated heterocycles. The molecule has 1 fully saturated rings. The first-order valence-corrected chi connectivity index (χ1v) is 10.1. The maximum absolute atomic E-state index is 11.6. The molecule has 21 heavy (non-hydrogen) atoms. The van der Waals surface area contributed by atoms with E-state index < -0.39 is 9.84 Å². The zero-order valence-electron chi connectivity index (χ0n) is 13.2. The van der Waals surface area contributed by atoms with Gasteiger partial charge in [-0.25, -0.2) is 8.42 Å². The van der Waals surface area contributed by atoms with Crippen LogP contribution in [0.4, 0.5) is 0 Å². The molecule has 0 amide bonds. The fraction of sp³-hybridized carbons (Fsp3) is 0.733. The minimum atomic E-state index is -2.81. The third-order valence-electron chi connectivity index (χ3n) is 3.54. The van der Waals surface area contributed by atoms with Gasteiger partial charge in [-0.05, 0) is 45.9 Å². The van der Waals surface area contributed by atoms with Crippen LogP contribution in [0.3, 0.4) is 0 Å². The Morgan fingerprint density at radius 3 is 2.62 bits per heavy atom. The van der Waals surface area contributed by atoms with Crippen LogP contribution in [0.2, 0.25) is 0 Å². The first-order chi connectivity index (χ1) is 9.73. The maximum Gasteiger partial charge on any atom is 0.151 e. The Morgan fingerprint density at radius 1 is 1.19 bits per heavy atom. The summed E-state index contributed by atoms with van der Waals surface area (Å²) in [6, 6.07) is 4.34. The lowest BCUT2D eigenvalue weighted by Gasteiger charge is -2.20. The van der Waals surface area contributed by atoms with E-state index in [9.17, 15) is 8.42 Å². The second-order valence-corrected chi connectivity index (χ2v) is 10.3. The summed E-state index contributed by atoms with van der Waals surface area (Å²) >= 11 is 1.82. The van der Waals surface area contributed by atoms with Gasteiger partial charge in [-0.15, -0.1) is 11.3 Å². The zero-order valence-corrected chi connectivity index (χ0v) is 14.8. The first kappa shape index (κ1) is 16.9. The normalized spacial score (nSPS) is 20.3. The van der Waals surface area contributed by atoms with E-state index in [2.05, 4.69) is 43.1 Å². The van der Waals surface area contributed by atoms with E-state index in [4.69, 9.17) is 0 Å². The van der Waals surface area contributed by atoms with Gasteiger partial charge in [0.25, 0.3) is 0 Å². The topological polar surface area (TPSA) is 49.4 Å². The average molecular weight is 331 g/mol. The van der Waals surface area contributed by atoms with Crippen molar-refractivity contribution in [3.63, 3.8) is 0 Å². The largest absolute Gasteiger partial charge is 0.307 e. The highest BCUT2D eigenvalue weighted by atomic mass is 32.2. The summed E-state index contributed by atoms with van der Waals surface area (Å²) in [6.45, 7) is 9.80. The molecule has 0 atom stereocenters. The van der Waals surface area contributed by atoms with E-state index in [-0.39, 0.29) is 5.54 Å². The molecule has 1 aromatic heterocycles. The molecule has 0 radical (unpaired) electrons. The summed E-state index contributed by atoms with van der Waals surface area (Å²) in [4.78, 5) is 4.92. The number of thiophene rings is 1. The molecule has 1 aliphatic rings. The Kier molecular flexibility index (Phi) is 5.46. The standard InChI is InChI=1S/C15H26N2O2S2/c1-15(2,3)16-11-13-5-6-14(20-13)12-17-7-4-9-21(18,19)10-8-17/h5-6,16H,4,7-12H2,1-3H3. The van der Waals surface area contributed by atoms with Gasteiger partial charge in [0.15, 0.2) is 9.84 Å². The molecule has 1 aromatic rings. The highest BCUT2D eigenvalue weighted by Gasteiger charge is 2.19. The van der Waals surface area contributed by atoms with E-state index >= 15 is 0 Å². The van der Waals surface area contributed by atoms with E-state index in [0.29, 0.717) is 18.1 Å². The molecule has 6 heteroatoms. The van der Waals surface area contributed by atoms with Crippen LogP contribution < -0.4 is 5.32 Å². The molecule has 0 unspecified atom stereocenters. The van der Waals surface area contributed by atoms with Crippen molar-refractivity contribution in [2.24, 2.45) is 0 Å². The molecule has 0 spiro atoms. The van der Waals surface area contributed by atoms with E-state index in [1.807, 2.05) is 11.3 Å². The third-order valence-corrected chi connectivity index (χ3v) is 6.32. The lowest BCUT2D eigenvalue weighted by Crippen LogP contribution is -2.34. The Balaban J connectivity index is 1.87. The smallest absolute Gasteiger partial charge is 0.151 e. The van der Waals surface area contributed by atoms with Gasteiger partial charge in [-0.2, -0.15) is 0 Å². The minimum Gasteiger partial charge on any atom is -0.307 e. The van der Waals surface area contributed by atoms with Gasteiger partial charge in [0.1, 0.15) is 0 Å². The van der Waals surface area contributed by atoms with Crippen molar-refractivity contribution in [2.45, 2.75) is 45.8 Å². The van der Waals surface area contributed by atoms with Crippen LogP contribution in [0.5, 0.6) is 0 Å². The van der Waals surface area contributed by atoms with Crippen molar-refractivity contribution < 1.29 is 8.42 Å². The zero-order chi connectivity index (χ0) is 15.5. The third kappa shape index (κ3) is 6.06. The van der Waals surface area contributed by atoms with E-state index in [1.165, 1.54) is 9.75 Å². The average Bonchev–Trinajstić information content (AvgIpc) is 2.73. The Morgan fingerprint density at radius 2 is 1.90 bits per heavy atom. The van der Waals surface area contributed by atoms with Gasteiger partial charge in [-0.3, -0.25) is 4.90 Å². The van der Waals surface area contributed by atoms with Gasteiger partial charge in [-0.1, -0.05) is 0 Å². The Bertz CT molecular complexity index is 558. The molecule has 1 aliphatic heterocycles. The second kappa shape index (κ2) is 6.77. The summed E-state index contributed by atoms with van der Waals surface area (Å²) < 4.78 is 23.2. The Labute approximate surface area is 132 Å². The fourth-order valence-electron chi connectivity index (χ4n) is 2.32. The molecule has 2 rings (SSSR count). The lowest BCUT2D eigenvalue weighted by atomic mass is 10.1. The van der Waals surface area contributed by atoms with Gasteiger partial charge < -0.3 is 5.32 Å². The molecular formula is C15H26N2O2S2. The van der Waals surface area contributed by atoms with Crippen molar-refractivity contribution in [1.29, 1.82) is 0 Å². The van der Waals surface area contributed by atoms with Crippen LogP contribution in [0.25, 0.3) is 0 Å². The fourth-order valence-corrected chi connectivity index (χ4v) is 4.63. The molecule has 4 nitrogen and oxygen atoms in total. The van der Waals surface area contributed by atoms with Crippen LogP contribution in [-0.2, 0) is 22.9 Å². The van der Waals surface area contributed by atoms with E-state index in [1.54, 1.807) is 0 Å². The van der Waals surface area contributed by atoms with Crippen LogP contribution >= 0.6 is 11.3 Å². The predicted octanol–water partition coefficient (Wildman–Crippen LogP) is 2.26. The summed E-state index contributed by atoms with van der Waals surface area (Å²) in [7, 11) is -2.81. The number of nitrogens with zero attached hydrogens (tertiary/aromatic N) is 1. The highest BCUT2D eigenvalue weighted by molar-refractivity contribution is 7.91. The molecule has 120 valence electrons. The number of sulfone groups is 1. The van der Waals surface area contributed by atoms with Crippen molar-refractivity contribution in [1.82, 2.24) is 10.2 Å². The van der Waals surface area contributed by atoms with Crippen LogP contribution in [0.1, 0.15) is 36.9 Å². The van der Waals surface area contributed by atoms with Gasteiger partial charge >= 0.3 is 0 Å². The van der Waals surface area contributed by atoms with Crippen molar-refractivity contribution in [3.05, 3.63) is 21.9 Å². The summed E-state index contributed by atoms with van der Waals surface area (Å²) in [5.74, 6) is 0.644. The van der Waals surface area contributed by atoms with Crippen LogP contribution in [0, 0.1) is 0 Å². The Hall–Kier alpha value is -0.430. The molecule has 0 bridgehead atoms. The van der Waals surface area contributed by atoms with Crippen LogP contribution in [-0.4, -0.2) is 43.5 Å². The second-order valence-electron chi connectivity index (χ2n) is 6.75. The maximum atomic E-state index is 11.6. The molecule has 1 N–H and O–H groups in total. The van der Waals surface area contributed by atoms with Crippen molar-refractivity contribution in [3.8, 4) is 0 Å². The minimum absolute atomic E-state index is 0.128. The molecule has 0 saturated carbocycles. The van der Waals surface area contributed by atoms with Gasteiger partial charge in [0, 0.05) is 34.9 Å². The predicted molar refractivity (Wildman–Crippen MR) is 89.5 cm³/mol. The first-order valence-electron chi connectivity index (χ1n) is 7.49. The lowest BCUT2D eigenvalue weighted by molar-refractivity contribution is 0.290. The van der Waals surface area contributed by atoms with Crippen LogP contribution in [0.15, 0.2) is 12.1 Å². The van der Waals surface area contributed by atoms with Crippen molar-refractivity contribution in [2.75, 3.05) is 24.6 Å². The summed E-state index contributed by atoms with van der Waals surface area (Å²) in [5, 5.41) is 3.49. The number of hydrogen-bond acceptors (Lipinski definition) is 5. The summed E-state index contributed by atoms with van der Waals surface area (Å²) in [6.07, 6.45) is 0.756. The monoisotopic (exact) mass is 330 g/mol. The number of rotatable bonds is 4. The summed E-state index contributed by atoms with van der Waals surface area (Å²) in [5.41, 5.74) is 0.128. The molecule has 0 aromatic carbocycles. The van der Waals surface area contributed by atoms with Gasteiger partial charge in [0.05, 0.1) is 11.5 Å². The molecule has 2 heterocycles. The number of nitrogens with one attached hydrogen (secondary N) is 1. The molecule has 0 aliphatic carbocycles. The van der Waals surface area contributed by atoms with Crippen molar-refractivity contribution >= 4 is 21.2 Å². The highest BCUT2D eigenvalue weighted by Crippen LogP contribution is 2.20. The number of hydrogen-bond donors (Lipinski definition) is 1. The quantitative estimate of drug-likeness (QED) is 0.920. The van der Waals surface area contributed by atoms with E-state index in [0.717, 1.165) is 26.1 Å². The SMILES string of the molecule is CC(C)(C)NCc1ccc(CN2CCCS(=O)(=O)CC2)s1. The van der Waals surface area contributed by atoms with Gasteiger partial charge in [0.2, 0.25) is 0 Å².